The molecule has 0 heterocycles. The summed E-state index contributed by atoms with van der Waals surface area (Å²) in [5.41, 5.74) is 1.64. The van der Waals surface area contributed by atoms with Gasteiger partial charge in [0.15, 0.2) is 6.29 Å². The minimum absolute atomic E-state index is 0.220. The summed E-state index contributed by atoms with van der Waals surface area (Å²) >= 11 is 7.59. The first-order chi connectivity index (χ1) is 12.4. The second kappa shape index (κ2) is 12.0. The van der Waals surface area contributed by atoms with Crippen LogP contribution in [0.3, 0.4) is 0 Å². The van der Waals surface area contributed by atoms with Crippen molar-refractivity contribution in [2.24, 2.45) is 0 Å². The Kier molecular flexibility index (Phi) is 10.3. The molecule has 8 heteroatoms. The van der Waals surface area contributed by atoms with Crippen LogP contribution in [0.5, 0.6) is 0 Å². The number of halogens is 1. The molecule has 0 spiro atoms. The van der Waals surface area contributed by atoms with E-state index in [4.69, 9.17) is 21.1 Å². The van der Waals surface area contributed by atoms with Gasteiger partial charge in [-0.05, 0) is 30.2 Å². The molecule has 2 atom stereocenters. The first-order valence-electron chi connectivity index (χ1n) is 8.06. The Balaban J connectivity index is 2.90. The third kappa shape index (κ3) is 7.78. The zero-order valence-electron chi connectivity index (χ0n) is 15.0. The topological polar surface area (TPSA) is 84.9 Å². The molecule has 144 valence electrons. The van der Waals surface area contributed by atoms with Crippen LogP contribution in [0.15, 0.2) is 29.8 Å². The quantitative estimate of drug-likeness (QED) is 0.554. The van der Waals surface area contributed by atoms with Gasteiger partial charge >= 0.3 is 5.97 Å². The van der Waals surface area contributed by atoms with Gasteiger partial charge in [0.2, 0.25) is 5.91 Å². The Morgan fingerprint density at radius 3 is 2.62 bits per heavy atom. The third-order valence-corrected chi connectivity index (χ3v) is 4.76. The van der Waals surface area contributed by atoms with Gasteiger partial charge in [-0.1, -0.05) is 29.8 Å². The summed E-state index contributed by atoms with van der Waals surface area (Å²) in [6.45, 7) is 3.62. The Morgan fingerprint density at radius 1 is 1.38 bits per heavy atom. The fraction of sp³-hybridized carbons (Fsp3) is 0.444. The lowest BCUT2D eigenvalue weighted by molar-refractivity contribution is -0.140. The molecular weight excluding hydrogens is 378 g/mol. The second-order valence-electron chi connectivity index (χ2n) is 5.37. The Morgan fingerprint density at radius 2 is 2.08 bits per heavy atom. The minimum Gasteiger partial charge on any atom is -0.480 e. The number of carbonyl (C=O) groups is 2. The molecule has 0 aliphatic carbocycles. The molecule has 1 aromatic carbocycles. The van der Waals surface area contributed by atoms with Crippen LogP contribution in [0.25, 0.3) is 6.08 Å². The van der Waals surface area contributed by atoms with Gasteiger partial charge in [-0.3, -0.25) is 4.79 Å². The SMILES string of the molecule is CCOC(OC)/C(=C/c1ccccc1Cl)CSCC(NC(C)=O)C(=O)O. The Bertz CT molecular complexity index is 638. The van der Waals surface area contributed by atoms with Crippen molar-refractivity contribution in [3.63, 3.8) is 0 Å². The number of nitrogens with one attached hydrogen (secondary N) is 1. The summed E-state index contributed by atoms with van der Waals surface area (Å²) < 4.78 is 11.0. The van der Waals surface area contributed by atoms with E-state index < -0.39 is 18.3 Å². The summed E-state index contributed by atoms with van der Waals surface area (Å²) in [7, 11) is 1.54. The Hall–Kier alpha value is -1.54. The van der Waals surface area contributed by atoms with E-state index in [-0.39, 0.29) is 11.7 Å². The summed E-state index contributed by atoms with van der Waals surface area (Å²) in [6, 6.07) is 6.44. The predicted molar refractivity (Wildman–Crippen MR) is 104 cm³/mol. The maximum absolute atomic E-state index is 11.2. The number of thioether (sulfide) groups is 1. The van der Waals surface area contributed by atoms with Crippen molar-refractivity contribution in [1.29, 1.82) is 0 Å². The molecule has 0 saturated heterocycles. The highest BCUT2D eigenvalue weighted by molar-refractivity contribution is 7.99. The molecule has 26 heavy (non-hydrogen) atoms. The van der Waals surface area contributed by atoms with Crippen molar-refractivity contribution in [3.05, 3.63) is 40.4 Å². The molecule has 2 unspecified atom stereocenters. The molecule has 0 aliphatic heterocycles. The summed E-state index contributed by atoms with van der Waals surface area (Å²) in [5, 5.41) is 12.2. The summed E-state index contributed by atoms with van der Waals surface area (Å²) in [5.74, 6) is -0.768. The largest absolute Gasteiger partial charge is 0.480 e. The van der Waals surface area contributed by atoms with Crippen LogP contribution < -0.4 is 5.32 Å². The molecule has 1 aromatic rings. The average Bonchev–Trinajstić information content (AvgIpc) is 2.59. The molecule has 0 bridgehead atoms. The first-order valence-corrected chi connectivity index (χ1v) is 9.59. The van der Waals surface area contributed by atoms with Gasteiger partial charge in [-0.15, -0.1) is 0 Å². The number of aliphatic carboxylic acids is 1. The molecule has 0 aliphatic rings. The van der Waals surface area contributed by atoms with Gasteiger partial charge in [0.25, 0.3) is 0 Å². The smallest absolute Gasteiger partial charge is 0.327 e. The molecular formula is C18H24ClNO5S. The van der Waals surface area contributed by atoms with Crippen molar-refractivity contribution in [2.75, 3.05) is 25.2 Å². The normalized spacial score (nSPS) is 13.9. The Labute approximate surface area is 162 Å². The molecule has 0 radical (unpaired) electrons. The predicted octanol–water partition coefficient (Wildman–Crippen LogP) is 3.05. The highest BCUT2D eigenvalue weighted by Crippen LogP contribution is 2.23. The molecule has 2 N–H and O–H groups in total. The van der Waals surface area contributed by atoms with E-state index in [0.29, 0.717) is 17.4 Å². The van der Waals surface area contributed by atoms with Crippen molar-refractivity contribution >= 4 is 41.3 Å². The van der Waals surface area contributed by atoms with E-state index in [1.165, 1.54) is 18.7 Å². The number of benzene rings is 1. The number of ether oxygens (including phenoxy) is 2. The van der Waals surface area contributed by atoms with Crippen LogP contribution >= 0.6 is 23.4 Å². The standard InChI is InChI=1S/C18H24ClNO5S/c1-4-25-18(24-3)14(9-13-7-5-6-8-15(13)19)10-26-11-16(17(22)23)20-12(2)21/h5-9,16,18H,4,10-11H2,1-3H3,(H,20,21)(H,22,23)/b14-9+. The monoisotopic (exact) mass is 401 g/mol. The highest BCUT2D eigenvalue weighted by atomic mass is 35.5. The fourth-order valence-corrected chi connectivity index (χ4v) is 3.39. The summed E-state index contributed by atoms with van der Waals surface area (Å²) in [4.78, 5) is 22.4. The van der Waals surface area contributed by atoms with E-state index in [1.54, 1.807) is 13.2 Å². The lowest BCUT2D eigenvalue weighted by atomic mass is 10.1. The van der Waals surface area contributed by atoms with Crippen LogP contribution in [0.2, 0.25) is 5.02 Å². The van der Waals surface area contributed by atoms with Crippen molar-refractivity contribution in [1.82, 2.24) is 5.32 Å². The second-order valence-corrected chi connectivity index (χ2v) is 6.81. The van der Waals surface area contributed by atoms with E-state index >= 15 is 0 Å². The average molecular weight is 402 g/mol. The number of hydrogen-bond donors (Lipinski definition) is 2. The van der Waals surface area contributed by atoms with Crippen molar-refractivity contribution < 1.29 is 24.2 Å². The number of carbonyl (C=O) groups excluding carboxylic acids is 1. The van der Waals surface area contributed by atoms with Crippen molar-refractivity contribution in [2.45, 2.75) is 26.2 Å². The lowest BCUT2D eigenvalue weighted by Crippen LogP contribution is -2.41. The molecule has 0 fully saturated rings. The van der Waals surface area contributed by atoms with Gasteiger partial charge in [-0.2, -0.15) is 11.8 Å². The summed E-state index contributed by atoms with van der Waals surface area (Å²) in [6.07, 6.45) is 1.32. The maximum Gasteiger partial charge on any atom is 0.327 e. The van der Waals surface area contributed by atoms with Gasteiger partial charge < -0.3 is 19.9 Å². The van der Waals surface area contributed by atoms with Gasteiger partial charge in [-0.25, -0.2) is 4.79 Å². The van der Waals surface area contributed by atoms with Crippen LogP contribution in [0.4, 0.5) is 0 Å². The van der Waals surface area contributed by atoms with Gasteiger partial charge in [0, 0.05) is 37.2 Å². The van der Waals surface area contributed by atoms with E-state index in [1.807, 2.05) is 31.2 Å². The molecule has 1 rings (SSSR count). The van der Waals surface area contributed by atoms with Gasteiger partial charge in [0.1, 0.15) is 6.04 Å². The van der Waals surface area contributed by atoms with Crippen LogP contribution in [-0.2, 0) is 19.1 Å². The molecule has 6 nitrogen and oxygen atoms in total. The van der Waals surface area contributed by atoms with Crippen molar-refractivity contribution in [3.8, 4) is 0 Å². The minimum atomic E-state index is -1.07. The number of amides is 1. The maximum atomic E-state index is 11.2. The third-order valence-electron chi connectivity index (χ3n) is 3.31. The molecule has 0 saturated carbocycles. The number of methoxy groups -OCH3 is 1. The zero-order chi connectivity index (χ0) is 19.5. The number of hydrogen-bond acceptors (Lipinski definition) is 5. The van der Waals surface area contributed by atoms with E-state index in [0.717, 1.165) is 11.1 Å². The van der Waals surface area contributed by atoms with E-state index in [9.17, 15) is 14.7 Å². The van der Waals surface area contributed by atoms with Crippen LogP contribution in [-0.4, -0.2) is 54.5 Å². The van der Waals surface area contributed by atoms with Crippen LogP contribution in [0.1, 0.15) is 19.4 Å². The zero-order valence-corrected chi connectivity index (χ0v) is 16.6. The lowest BCUT2D eigenvalue weighted by Gasteiger charge is -2.20. The number of rotatable bonds is 11. The number of carboxylic acid groups (broad SMARTS) is 1. The first kappa shape index (κ1) is 22.5. The van der Waals surface area contributed by atoms with Gasteiger partial charge in [0.05, 0.1) is 0 Å². The molecule has 1 amide bonds. The molecule has 0 aromatic heterocycles. The fourth-order valence-electron chi connectivity index (χ4n) is 2.16. The van der Waals surface area contributed by atoms with Crippen LogP contribution in [0, 0.1) is 0 Å². The number of carboxylic acids is 1. The highest BCUT2D eigenvalue weighted by Gasteiger charge is 2.20. The van der Waals surface area contributed by atoms with E-state index in [2.05, 4.69) is 5.32 Å².